The summed E-state index contributed by atoms with van der Waals surface area (Å²) in [5.74, 6) is 0.0745. The van der Waals surface area contributed by atoms with Crippen molar-refractivity contribution < 1.29 is 17.6 Å². The van der Waals surface area contributed by atoms with Crippen LogP contribution in [0, 0.1) is 5.82 Å². The quantitative estimate of drug-likeness (QED) is 0.554. The van der Waals surface area contributed by atoms with E-state index < -0.39 is 10.0 Å². The SMILES string of the molecule is O=C(CSc1ccc(S(=O)(=O)N2CCCCC2)cn1)N1CCN(Cc2ccccc2F)CC1. The van der Waals surface area contributed by atoms with Gasteiger partial charge in [0.2, 0.25) is 15.9 Å². The fourth-order valence-electron chi connectivity index (χ4n) is 4.11. The van der Waals surface area contributed by atoms with Gasteiger partial charge in [-0.2, -0.15) is 4.31 Å². The zero-order valence-electron chi connectivity index (χ0n) is 18.5. The molecule has 0 radical (unpaired) electrons. The Bertz CT molecular complexity index is 1050. The van der Waals surface area contributed by atoms with E-state index in [9.17, 15) is 17.6 Å². The number of amides is 1. The largest absolute Gasteiger partial charge is 0.339 e. The molecular weight excluding hydrogens is 463 g/mol. The summed E-state index contributed by atoms with van der Waals surface area (Å²) in [6, 6.07) is 10.0. The van der Waals surface area contributed by atoms with E-state index in [1.54, 1.807) is 24.3 Å². The number of benzene rings is 1. The Morgan fingerprint density at radius 2 is 1.70 bits per heavy atom. The number of hydrogen-bond acceptors (Lipinski definition) is 6. The van der Waals surface area contributed by atoms with Gasteiger partial charge in [0.25, 0.3) is 0 Å². The molecule has 1 aromatic carbocycles. The zero-order chi connectivity index (χ0) is 23.3. The molecule has 178 valence electrons. The molecule has 2 fully saturated rings. The van der Waals surface area contributed by atoms with Gasteiger partial charge in [-0.1, -0.05) is 36.4 Å². The maximum Gasteiger partial charge on any atom is 0.244 e. The van der Waals surface area contributed by atoms with Crippen LogP contribution in [0.15, 0.2) is 52.5 Å². The average Bonchev–Trinajstić information content (AvgIpc) is 2.85. The summed E-state index contributed by atoms with van der Waals surface area (Å²) in [4.78, 5) is 21.1. The average molecular weight is 493 g/mol. The summed E-state index contributed by atoms with van der Waals surface area (Å²) in [6.45, 7) is 4.27. The summed E-state index contributed by atoms with van der Waals surface area (Å²) < 4.78 is 40.8. The molecule has 3 heterocycles. The number of piperidine rings is 1. The smallest absolute Gasteiger partial charge is 0.244 e. The standard InChI is InChI=1S/C23H29FN4O3S2/c24-21-7-3-2-6-19(21)17-26-12-14-27(15-13-26)23(29)18-32-22-9-8-20(16-25-22)33(30,31)28-10-4-1-5-11-28/h2-3,6-9,16H,1,4-5,10-15,17-18H2. The van der Waals surface area contributed by atoms with Crippen LogP contribution < -0.4 is 0 Å². The Morgan fingerprint density at radius 3 is 2.36 bits per heavy atom. The van der Waals surface area contributed by atoms with Crippen LogP contribution in [0.4, 0.5) is 4.39 Å². The van der Waals surface area contributed by atoms with Crippen LogP contribution in [-0.4, -0.2) is 78.4 Å². The maximum atomic E-state index is 13.9. The Labute approximate surface area is 199 Å². The summed E-state index contributed by atoms with van der Waals surface area (Å²) in [5, 5.41) is 0.624. The number of thioether (sulfide) groups is 1. The highest BCUT2D eigenvalue weighted by molar-refractivity contribution is 7.99. The predicted octanol–water partition coefficient (Wildman–Crippen LogP) is 2.83. The first-order valence-electron chi connectivity index (χ1n) is 11.3. The number of pyridine rings is 1. The number of carbonyl (C=O) groups excluding carboxylic acids is 1. The summed E-state index contributed by atoms with van der Waals surface area (Å²) >= 11 is 1.31. The van der Waals surface area contributed by atoms with Gasteiger partial charge in [0.15, 0.2) is 0 Å². The molecule has 10 heteroatoms. The van der Waals surface area contributed by atoms with Gasteiger partial charge in [-0.05, 0) is 31.0 Å². The van der Waals surface area contributed by atoms with Crippen LogP contribution in [0.25, 0.3) is 0 Å². The third-order valence-corrected chi connectivity index (χ3v) is 8.89. The second-order valence-corrected chi connectivity index (χ2v) is 11.3. The number of halogens is 1. The van der Waals surface area contributed by atoms with E-state index in [-0.39, 0.29) is 22.4 Å². The number of aromatic nitrogens is 1. The Balaban J connectivity index is 1.24. The number of carbonyl (C=O) groups is 1. The molecule has 0 spiro atoms. The Kier molecular flexibility index (Phi) is 8.00. The minimum atomic E-state index is -3.50. The minimum Gasteiger partial charge on any atom is -0.339 e. The fraction of sp³-hybridized carbons (Fsp3) is 0.478. The third kappa shape index (κ3) is 6.11. The monoisotopic (exact) mass is 492 g/mol. The molecule has 2 aliphatic rings. The van der Waals surface area contributed by atoms with Gasteiger partial charge in [-0.25, -0.2) is 17.8 Å². The van der Waals surface area contributed by atoms with Gasteiger partial charge < -0.3 is 4.90 Å². The van der Waals surface area contributed by atoms with Crippen molar-refractivity contribution in [2.45, 2.75) is 35.7 Å². The lowest BCUT2D eigenvalue weighted by molar-refractivity contribution is -0.130. The van der Waals surface area contributed by atoms with Crippen LogP contribution in [0.3, 0.4) is 0 Å². The number of hydrogen-bond donors (Lipinski definition) is 0. The van der Waals surface area contributed by atoms with E-state index in [0.29, 0.717) is 56.4 Å². The number of rotatable bonds is 7. The van der Waals surface area contributed by atoms with Crippen LogP contribution >= 0.6 is 11.8 Å². The van der Waals surface area contributed by atoms with Gasteiger partial charge >= 0.3 is 0 Å². The zero-order valence-corrected chi connectivity index (χ0v) is 20.2. The van der Waals surface area contributed by atoms with E-state index in [1.165, 1.54) is 28.3 Å². The number of piperazine rings is 1. The lowest BCUT2D eigenvalue weighted by Gasteiger charge is -2.34. The second kappa shape index (κ2) is 10.9. The van der Waals surface area contributed by atoms with Crippen LogP contribution in [0.2, 0.25) is 0 Å². The first-order valence-corrected chi connectivity index (χ1v) is 13.7. The number of nitrogens with zero attached hydrogens (tertiary/aromatic N) is 4. The van der Waals surface area contributed by atoms with Crippen LogP contribution in [0.1, 0.15) is 24.8 Å². The molecule has 0 bridgehead atoms. The van der Waals surface area contributed by atoms with Crippen molar-refractivity contribution in [3.8, 4) is 0 Å². The predicted molar refractivity (Wildman–Crippen MR) is 126 cm³/mol. The molecule has 0 atom stereocenters. The van der Waals surface area contributed by atoms with Gasteiger partial charge in [-0.15, -0.1) is 0 Å². The molecule has 1 amide bonds. The molecule has 7 nitrogen and oxygen atoms in total. The fourth-order valence-corrected chi connectivity index (χ4v) is 6.32. The molecule has 1 aromatic heterocycles. The van der Waals surface area contributed by atoms with E-state index >= 15 is 0 Å². The Hall–Kier alpha value is -2.01. The van der Waals surface area contributed by atoms with Crippen molar-refractivity contribution in [3.63, 3.8) is 0 Å². The highest BCUT2D eigenvalue weighted by Crippen LogP contribution is 2.23. The van der Waals surface area contributed by atoms with Crippen molar-refractivity contribution in [1.82, 2.24) is 19.1 Å². The third-order valence-electron chi connectivity index (χ3n) is 6.08. The summed E-state index contributed by atoms with van der Waals surface area (Å²) in [6.07, 6.45) is 4.23. The van der Waals surface area contributed by atoms with Gasteiger partial charge in [-0.3, -0.25) is 9.69 Å². The number of sulfonamides is 1. The molecule has 0 N–H and O–H groups in total. The Morgan fingerprint density at radius 1 is 0.970 bits per heavy atom. The topological polar surface area (TPSA) is 73.8 Å². The van der Waals surface area contributed by atoms with Gasteiger partial charge in [0.05, 0.1) is 10.8 Å². The molecule has 33 heavy (non-hydrogen) atoms. The van der Waals surface area contributed by atoms with E-state index in [4.69, 9.17) is 0 Å². The van der Waals surface area contributed by atoms with Crippen molar-refractivity contribution in [3.05, 3.63) is 54.0 Å². The second-order valence-electron chi connectivity index (χ2n) is 8.33. The molecule has 4 rings (SSSR count). The molecular formula is C23H29FN4O3S2. The normalized spacial score (nSPS) is 18.4. The highest BCUT2D eigenvalue weighted by Gasteiger charge is 2.26. The van der Waals surface area contributed by atoms with E-state index in [2.05, 4.69) is 9.88 Å². The van der Waals surface area contributed by atoms with Crippen molar-refractivity contribution in [2.24, 2.45) is 0 Å². The molecule has 0 unspecified atom stereocenters. The summed E-state index contributed by atoms with van der Waals surface area (Å²) in [7, 11) is -3.50. The van der Waals surface area contributed by atoms with Gasteiger partial charge in [0.1, 0.15) is 10.7 Å². The molecule has 0 saturated carbocycles. The van der Waals surface area contributed by atoms with Crippen LogP contribution in [-0.2, 0) is 21.4 Å². The van der Waals surface area contributed by atoms with Crippen molar-refractivity contribution in [1.29, 1.82) is 0 Å². The van der Waals surface area contributed by atoms with Gasteiger partial charge in [0, 0.05) is 57.6 Å². The van der Waals surface area contributed by atoms with E-state index in [0.717, 1.165) is 19.3 Å². The maximum absolute atomic E-state index is 13.9. The lowest BCUT2D eigenvalue weighted by atomic mass is 10.2. The first-order chi connectivity index (χ1) is 15.9. The van der Waals surface area contributed by atoms with Crippen molar-refractivity contribution in [2.75, 3.05) is 45.0 Å². The molecule has 2 aromatic rings. The summed E-state index contributed by atoms with van der Waals surface area (Å²) in [5.41, 5.74) is 0.671. The molecule has 2 aliphatic heterocycles. The molecule has 0 aliphatic carbocycles. The minimum absolute atomic E-state index is 0.0253. The van der Waals surface area contributed by atoms with Crippen LogP contribution in [0.5, 0.6) is 0 Å². The first kappa shape index (κ1) is 24.1. The van der Waals surface area contributed by atoms with E-state index in [1.807, 2.05) is 11.0 Å². The lowest BCUT2D eigenvalue weighted by Crippen LogP contribution is -2.48. The molecule has 2 saturated heterocycles. The van der Waals surface area contributed by atoms with Crippen molar-refractivity contribution >= 4 is 27.7 Å². The highest BCUT2D eigenvalue weighted by atomic mass is 32.2.